The summed E-state index contributed by atoms with van der Waals surface area (Å²) in [4.78, 5) is 2.15. The summed E-state index contributed by atoms with van der Waals surface area (Å²) in [5.41, 5.74) is 5.63. The minimum absolute atomic E-state index is 0.101. The lowest BCUT2D eigenvalue weighted by Gasteiger charge is -2.29. The van der Waals surface area contributed by atoms with Crippen LogP contribution < -0.4 is 11.1 Å². The van der Waals surface area contributed by atoms with Crippen molar-refractivity contribution in [3.05, 3.63) is 0 Å². The van der Waals surface area contributed by atoms with E-state index >= 15 is 0 Å². The van der Waals surface area contributed by atoms with E-state index in [9.17, 15) is 0 Å². The van der Waals surface area contributed by atoms with Crippen LogP contribution in [0.2, 0.25) is 0 Å². The van der Waals surface area contributed by atoms with Crippen LogP contribution in [0.5, 0.6) is 0 Å². The molecule has 0 heterocycles. The van der Waals surface area contributed by atoms with Gasteiger partial charge in [0.25, 0.3) is 0 Å². The number of rotatable bonds is 6. The second-order valence-electron chi connectivity index (χ2n) is 5.03. The maximum atomic E-state index is 8.49. The summed E-state index contributed by atoms with van der Waals surface area (Å²) < 4.78 is 0. The van der Waals surface area contributed by atoms with Crippen LogP contribution in [0.25, 0.3) is 0 Å². The summed E-state index contributed by atoms with van der Waals surface area (Å²) in [7, 11) is 4.10. The highest BCUT2D eigenvalue weighted by atomic mass is 16.4. The molecule has 0 aromatic carbocycles. The van der Waals surface area contributed by atoms with Gasteiger partial charge in [-0.2, -0.15) is 0 Å². The molecule has 0 aliphatic rings. The molecule has 0 radical (unpaired) electrons. The smallest absolute Gasteiger partial charge is 0.156 e. The van der Waals surface area contributed by atoms with Gasteiger partial charge in [-0.3, -0.25) is 0 Å². The molecule has 0 fully saturated rings. The quantitative estimate of drug-likeness (QED) is 0.258. The Morgan fingerprint density at radius 1 is 1.53 bits per heavy atom. The average molecular weight is 216 g/mol. The number of nitrogens with one attached hydrogen (secondary N) is 1. The number of hydrogen-bond acceptors (Lipinski definition) is 4. The summed E-state index contributed by atoms with van der Waals surface area (Å²) in [6, 6.07) is -0.101. The monoisotopic (exact) mass is 216 g/mol. The fourth-order valence-electron chi connectivity index (χ4n) is 1.53. The van der Waals surface area contributed by atoms with E-state index in [-0.39, 0.29) is 17.3 Å². The van der Waals surface area contributed by atoms with E-state index in [1.165, 1.54) is 0 Å². The molecule has 0 amide bonds. The Labute approximate surface area is 92.3 Å². The number of nitrogens with zero attached hydrogens (tertiary/aromatic N) is 2. The summed E-state index contributed by atoms with van der Waals surface area (Å²) in [5, 5.41) is 14.7. The van der Waals surface area contributed by atoms with Crippen molar-refractivity contribution in [2.75, 3.05) is 27.2 Å². The largest absolute Gasteiger partial charge is 0.409 e. The molecule has 0 aliphatic heterocycles. The highest BCUT2D eigenvalue weighted by molar-refractivity contribution is 5.84. The Morgan fingerprint density at radius 2 is 2.07 bits per heavy atom. The predicted octanol–water partition coefficient (Wildman–Crippen LogP) is 0.299. The van der Waals surface area contributed by atoms with Gasteiger partial charge in [-0.25, -0.2) is 0 Å². The molecule has 0 saturated heterocycles. The van der Waals surface area contributed by atoms with Gasteiger partial charge in [0, 0.05) is 13.1 Å². The van der Waals surface area contributed by atoms with Crippen molar-refractivity contribution in [1.29, 1.82) is 0 Å². The van der Waals surface area contributed by atoms with Crippen molar-refractivity contribution in [3.63, 3.8) is 0 Å². The van der Waals surface area contributed by atoms with E-state index in [1.807, 2.05) is 6.92 Å². The Kier molecular flexibility index (Phi) is 5.60. The van der Waals surface area contributed by atoms with E-state index in [1.54, 1.807) is 0 Å². The highest BCUT2D eigenvalue weighted by Gasteiger charge is 2.20. The van der Waals surface area contributed by atoms with Crippen molar-refractivity contribution in [2.45, 2.75) is 26.8 Å². The van der Waals surface area contributed by atoms with Gasteiger partial charge in [-0.1, -0.05) is 19.0 Å². The first kappa shape index (κ1) is 14.2. The third-order valence-corrected chi connectivity index (χ3v) is 2.19. The molecular formula is C10H24N4O. The van der Waals surface area contributed by atoms with Gasteiger partial charge in [0.05, 0.1) is 6.04 Å². The maximum absolute atomic E-state index is 8.49. The average Bonchev–Trinajstić information content (AvgIpc) is 2.11. The van der Waals surface area contributed by atoms with E-state index in [0.717, 1.165) is 13.1 Å². The van der Waals surface area contributed by atoms with Crippen LogP contribution >= 0.6 is 0 Å². The van der Waals surface area contributed by atoms with Crippen LogP contribution in [0.15, 0.2) is 5.16 Å². The van der Waals surface area contributed by atoms with Crippen LogP contribution in [0.4, 0.5) is 0 Å². The zero-order valence-electron chi connectivity index (χ0n) is 10.4. The molecule has 0 aromatic heterocycles. The molecule has 0 aromatic rings. The fraction of sp³-hybridized carbons (Fsp3) is 0.900. The lowest BCUT2D eigenvalue weighted by atomic mass is 9.92. The summed E-state index contributed by atoms with van der Waals surface area (Å²) in [6.07, 6.45) is 0. The van der Waals surface area contributed by atoms with Gasteiger partial charge in [0.1, 0.15) is 0 Å². The molecule has 15 heavy (non-hydrogen) atoms. The topological polar surface area (TPSA) is 73.9 Å². The molecule has 1 unspecified atom stereocenters. The number of nitrogens with two attached hydrogens (primary N) is 1. The third kappa shape index (κ3) is 6.30. The predicted molar refractivity (Wildman–Crippen MR) is 63.2 cm³/mol. The highest BCUT2D eigenvalue weighted by Crippen LogP contribution is 2.14. The van der Waals surface area contributed by atoms with Gasteiger partial charge in [-0.05, 0) is 26.4 Å². The van der Waals surface area contributed by atoms with E-state index in [2.05, 4.69) is 43.3 Å². The molecular weight excluding hydrogens is 192 g/mol. The molecule has 0 spiro atoms. The fourth-order valence-corrected chi connectivity index (χ4v) is 1.53. The van der Waals surface area contributed by atoms with Crippen LogP contribution in [0.1, 0.15) is 20.8 Å². The second-order valence-corrected chi connectivity index (χ2v) is 5.03. The number of oxime groups is 1. The van der Waals surface area contributed by atoms with Crippen LogP contribution in [-0.2, 0) is 0 Å². The van der Waals surface area contributed by atoms with Crippen molar-refractivity contribution in [1.82, 2.24) is 10.2 Å². The van der Waals surface area contributed by atoms with Gasteiger partial charge in [-0.15, -0.1) is 0 Å². The minimum Gasteiger partial charge on any atom is -0.409 e. The SMILES string of the molecule is CC(NCC(C)(C)CN(C)C)C(N)=NO. The Balaban J connectivity index is 4.03. The first-order valence-corrected chi connectivity index (χ1v) is 5.14. The Hall–Kier alpha value is -0.810. The molecule has 1 atom stereocenters. The molecule has 0 aliphatic carbocycles. The third-order valence-electron chi connectivity index (χ3n) is 2.19. The van der Waals surface area contributed by atoms with Crippen LogP contribution in [0.3, 0.4) is 0 Å². The van der Waals surface area contributed by atoms with Gasteiger partial charge >= 0.3 is 0 Å². The van der Waals surface area contributed by atoms with Crippen molar-refractivity contribution in [3.8, 4) is 0 Å². The second kappa shape index (κ2) is 5.92. The Bertz CT molecular complexity index is 213. The molecule has 0 bridgehead atoms. The zero-order valence-corrected chi connectivity index (χ0v) is 10.4. The molecule has 5 heteroatoms. The summed E-state index contributed by atoms with van der Waals surface area (Å²) in [6.45, 7) is 8.05. The van der Waals surface area contributed by atoms with Gasteiger partial charge < -0.3 is 21.2 Å². The van der Waals surface area contributed by atoms with Crippen LogP contribution in [-0.4, -0.2) is 49.2 Å². The standard InChI is InChI=1S/C10H24N4O/c1-8(9(11)13-15)12-6-10(2,3)7-14(4)5/h8,12,15H,6-7H2,1-5H3,(H2,11,13). The first-order chi connectivity index (χ1) is 6.78. The van der Waals surface area contributed by atoms with Crippen molar-refractivity contribution >= 4 is 5.84 Å². The van der Waals surface area contributed by atoms with E-state index < -0.39 is 0 Å². The van der Waals surface area contributed by atoms with Crippen molar-refractivity contribution in [2.24, 2.45) is 16.3 Å². The molecule has 4 N–H and O–H groups in total. The van der Waals surface area contributed by atoms with Crippen molar-refractivity contribution < 1.29 is 5.21 Å². The first-order valence-electron chi connectivity index (χ1n) is 5.14. The minimum atomic E-state index is -0.101. The normalized spacial score (nSPS) is 15.7. The van der Waals surface area contributed by atoms with E-state index in [0.29, 0.717) is 0 Å². The lowest BCUT2D eigenvalue weighted by Crippen LogP contribution is -2.45. The maximum Gasteiger partial charge on any atom is 0.156 e. The Morgan fingerprint density at radius 3 is 2.47 bits per heavy atom. The van der Waals surface area contributed by atoms with Gasteiger partial charge in [0.2, 0.25) is 0 Å². The zero-order chi connectivity index (χ0) is 12.1. The summed E-state index contributed by atoms with van der Waals surface area (Å²) in [5.74, 6) is 0.218. The summed E-state index contributed by atoms with van der Waals surface area (Å²) >= 11 is 0. The number of hydrogen-bond donors (Lipinski definition) is 3. The van der Waals surface area contributed by atoms with E-state index in [4.69, 9.17) is 10.9 Å². The van der Waals surface area contributed by atoms with Gasteiger partial charge in [0.15, 0.2) is 5.84 Å². The lowest BCUT2D eigenvalue weighted by molar-refractivity contribution is 0.230. The molecule has 0 saturated carbocycles. The molecule has 0 rings (SSSR count). The molecule has 90 valence electrons. The number of amidine groups is 1. The molecule has 5 nitrogen and oxygen atoms in total. The van der Waals surface area contributed by atoms with Crippen LogP contribution in [0, 0.1) is 5.41 Å².